The van der Waals surface area contributed by atoms with Crippen molar-refractivity contribution in [3.05, 3.63) is 87.8 Å². The Balaban J connectivity index is 1.39. The third kappa shape index (κ3) is 3.94. The molecule has 0 spiro atoms. The number of nitrogens with one attached hydrogen (secondary N) is 1. The second-order valence-corrected chi connectivity index (χ2v) is 8.67. The van der Waals surface area contributed by atoms with Crippen LogP contribution in [0, 0.1) is 0 Å². The molecule has 0 aliphatic heterocycles. The zero-order valence-corrected chi connectivity index (χ0v) is 18.4. The lowest BCUT2D eigenvalue weighted by atomic mass is 10.00. The average Bonchev–Trinajstić information content (AvgIpc) is 3.58. The molecule has 1 aliphatic carbocycles. The van der Waals surface area contributed by atoms with Gasteiger partial charge in [0.25, 0.3) is 0 Å². The summed E-state index contributed by atoms with van der Waals surface area (Å²) in [6, 6.07) is 21.3. The van der Waals surface area contributed by atoms with Crippen molar-refractivity contribution in [2.24, 2.45) is 0 Å². The summed E-state index contributed by atoms with van der Waals surface area (Å²) >= 11 is 6.01. The van der Waals surface area contributed by atoms with Gasteiger partial charge in [-0.2, -0.15) is 0 Å². The lowest BCUT2D eigenvalue weighted by molar-refractivity contribution is -0.122. The van der Waals surface area contributed by atoms with Gasteiger partial charge in [0, 0.05) is 16.6 Å². The summed E-state index contributed by atoms with van der Waals surface area (Å²) in [5.41, 5.74) is 1.58. The Morgan fingerprint density at radius 2 is 1.81 bits per heavy atom. The molecule has 162 valence electrons. The van der Waals surface area contributed by atoms with Gasteiger partial charge < -0.3 is 5.32 Å². The molecule has 1 atom stereocenters. The van der Waals surface area contributed by atoms with E-state index in [9.17, 15) is 9.59 Å². The summed E-state index contributed by atoms with van der Waals surface area (Å²) in [5.74, 6) is 0.319. The molecular formula is C25H23ClN4O2. The van der Waals surface area contributed by atoms with Crippen LogP contribution in [-0.4, -0.2) is 20.3 Å². The normalized spacial score (nSPS) is 14.4. The maximum Gasteiger partial charge on any atom is 0.346 e. The van der Waals surface area contributed by atoms with Crippen molar-refractivity contribution in [2.45, 2.75) is 38.4 Å². The van der Waals surface area contributed by atoms with Gasteiger partial charge in [0.2, 0.25) is 5.91 Å². The van der Waals surface area contributed by atoms with Crippen molar-refractivity contribution in [3.63, 3.8) is 0 Å². The van der Waals surface area contributed by atoms with Gasteiger partial charge in [-0.25, -0.2) is 9.48 Å². The Kier molecular flexibility index (Phi) is 5.31. The fourth-order valence-corrected chi connectivity index (χ4v) is 4.24. The Morgan fingerprint density at radius 1 is 1.09 bits per heavy atom. The van der Waals surface area contributed by atoms with Crippen molar-refractivity contribution < 1.29 is 4.79 Å². The van der Waals surface area contributed by atoms with Gasteiger partial charge >= 0.3 is 5.69 Å². The van der Waals surface area contributed by atoms with Crippen LogP contribution < -0.4 is 11.0 Å². The van der Waals surface area contributed by atoms with E-state index in [1.54, 1.807) is 16.7 Å². The number of carbonyl (C=O) groups excluding carboxylic acids is 1. The summed E-state index contributed by atoms with van der Waals surface area (Å²) in [6.07, 6.45) is 1.88. The molecule has 1 saturated carbocycles. The number of nitrogens with zero attached hydrogens (tertiary/aromatic N) is 3. The van der Waals surface area contributed by atoms with E-state index in [4.69, 9.17) is 11.6 Å². The number of amides is 1. The van der Waals surface area contributed by atoms with Gasteiger partial charge in [-0.1, -0.05) is 54.1 Å². The minimum Gasteiger partial charge on any atom is -0.348 e. The minimum absolute atomic E-state index is 0.131. The van der Waals surface area contributed by atoms with Crippen LogP contribution in [0.3, 0.4) is 0 Å². The first kappa shape index (κ1) is 20.5. The lowest BCUT2D eigenvalue weighted by Crippen LogP contribution is -2.35. The molecule has 0 saturated heterocycles. The van der Waals surface area contributed by atoms with Gasteiger partial charge in [0.05, 0.1) is 6.04 Å². The highest BCUT2D eigenvalue weighted by Gasteiger charge is 2.30. The minimum atomic E-state index is -0.259. The average molecular weight is 447 g/mol. The number of fused-ring (bicyclic) bond motifs is 1. The van der Waals surface area contributed by atoms with Crippen LogP contribution in [0.5, 0.6) is 0 Å². The third-order valence-electron chi connectivity index (χ3n) is 5.85. The molecule has 3 aromatic carbocycles. The lowest BCUT2D eigenvalue weighted by Gasteiger charge is -2.16. The van der Waals surface area contributed by atoms with Crippen LogP contribution in [0.2, 0.25) is 5.02 Å². The monoisotopic (exact) mass is 446 g/mol. The number of hydrogen-bond donors (Lipinski definition) is 1. The molecule has 1 heterocycles. The number of rotatable bonds is 6. The van der Waals surface area contributed by atoms with E-state index in [1.807, 2.05) is 49.4 Å². The zero-order chi connectivity index (χ0) is 22.2. The summed E-state index contributed by atoms with van der Waals surface area (Å²) in [4.78, 5) is 25.9. The molecule has 7 heteroatoms. The fourth-order valence-electron chi connectivity index (χ4n) is 4.11. The van der Waals surface area contributed by atoms with Crippen molar-refractivity contribution in [1.82, 2.24) is 19.7 Å². The van der Waals surface area contributed by atoms with Crippen LogP contribution in [0.25, 0.3) is 22.2 Å². The van der Waals surface area contributed by atoms with Gasteiger partial charge in [0.15, 0.2) is 5.82 Å². The highest BCUT2D eigenvalue weighted by molar-refractivity contribution is 6.30. The maximum absolute atomic E-state index is 13.0. The van der Waals surface area contributed by atoms with E-state index in [2.05, 4.69) is 22.5 Å². The van der Waals surface area contributed by atoms with Crippen molar-refractivity contribution in [1.29, 1.82) is 0 Å². The molecule has 0 unspecified atom stereocenters. The highest BCUT2D eigenvalue weighted by Crippen LogP contribution is 2.36. The molecule has 0 radical (unpaired) electrons. The van der Waals surface area contributed by atoms with Crippen molar-refractivity contribution in [3.8, 4) is 11.4 Å². The predicted octanol–water partition coefficient (Wildman–Crippen LogP) is 4.73. The van der Waals surface area contributed by atoms with E-state index in [1.165, 1.54) is 4.68 Å². The second kappa shape index (κ2) is 8.28. The van der Waals surface area contributed by atoms with Gasteiger partial charge in [0.1, 0.15) is 6.54 Å². The van der Waals surface area contributed by atoms with Crippen LogP contribution >= 0.6 is 11.6 Å². The molecule has 1 fully saturated rings. The molecule has 32 heavy (non-hydrogen) atoms. The summed E-state index contributed by atoms with van der Waals surface area (Å²) in [5, 5.41) is 10.4. The SMILES string of the molecule is C[C@H](NC(=O)Cn1nc(-c2ccc(Cl)cc2)n(C2CC2)c1=O)c1cccc2ccccc12. The molecule has 1 amide bonds. The first-order chi connectivity index (χ1) is 15.5. The molecule has 5 rings (SSSR count). The standard InChI is InChI=1S/C25H23ClN4O2/c1-16(21-8-4-6-17-5-2-3-7-22(17)21)27-23(31)15-29-25(32)30(20-13-14-20)24(28-29)18-9-11-19(26)12-10-18/h2-12,16,20H,13-15H2,1H3,(H,27,31)/t16-/m0/s1. The largest absolute Gasteiger partial charge is 0.348 e. The Morgan fingerprint density at radius 3 is 2.56 bits per heavy atom. The zero-order valence-electron chi connectivity index (χ0n) is 17.7. The quantitative estimate of drug-likeness (QED) is 0.465. The van der Waals surface area contributed by atoms with E-state index >= 15 is 0 Å². The third-order valence-corrected chi connectivity index (χ3v) is 6.10. The summed E-state index contributed by atoms with van der Waals surface area (Å²) < 4.78 is 2.96. The number of halogens is 1. The number of carbonyl (C=O) groups is 1. The molecule has 1 N–H and O–H groups in total. The van der Waals surface area contributed by atoms with Crippen LogP contribution in [0.15, 0.2) is 71.5 Å². The number of benzene rings is 3. The Bertz CT molecular complexity index is 1350. The fraction of sp³-hybridized carbons (Fsp3) is 0.240. The van der Waals surface area contributed by atoms with Crippen molar-refractivity contribution in [2.75, 3.05) is 0 Å². The molecule has 4 aromatic rings. The molecule has 6 nitrogen and oxygen atoms in total. The molecule has 0 bridgehead atoms. The molecule has 1 aromatic heterocycles. The number of hydrogen-bond acceptors (Lipinski definition) is 3. The van der Waals surface area contributed by atoms with Gasteiger partial charge in [-0.05, 0) is 60.4 Å². The summed E-state index contributed by atoms with van der Waals surface area (Å²) in [6.45, 7) is 1.82. The second-order valence-electron chi connectivity index (χ2n) is 8.23. The van der Waals surface area contributed by atoms with Crippen LogP contribution in [0.4, 0.5) is 0 Å². The van der Waals surface area contributed by atoms with E-state index in [0.717, 1.165) is 34.7 Å². The van der Waals surface area contributed by atoms with Gasteiger partial charge in [-0.15, -0.1) is 5.10 Å². The molecular weight excluding hydrogens is 424 g/mol. The van der Waals surface area contributed by atoms with Gasteiger partial charge in [-0.3, -0.25) is 9.36 Å². The first-order valence-corrected chi connectivity index (χ1v) is 11.1. The molecule has 1 aliphatic rings. The number of aromatic nitrogens is 3. The summed E-state index contributed by atoms with van der Waals surface area (Å²) in [7, 11) is 0. The van der Waals surface area contributed by atoms with E-state index in [-0.39, 0.29) is 30.2 Å². The smallest absolute Gasteiger partial charge is 0.346 e. The topological polar surface area (TPSA) is 68.9 Å². The van der Waals surface area contributed by atoms with Crippen molar-refractivity contribution >= 4 is 28.3 Å². The van der Waals surface area contributed by atoms with Crippen LogP contribution in [-0.2, 0) is 11.3 Å². The Hall–Kier alpha value is -3.38. The maximum atomic E-state index is 13.0. The van der Waals surface area contributed by atoms with Crippen LogP contribution in [0.1, 0.15) is 37.4 Å². The Labute approximate surface area is 190 Å². The van der Waals surface area contributed by atoms with E-state index in [0.29, 0.717) is 10.8 Å². The van der Waals surface area contributed by atoms with E-state index < -0.39 is 0 Å². The predicted molar refractivity (Wildman–Crippen MR) is 126 cm³/mol. The first-order valence-electron chi connectivity index (χ1n) is 10.7. The highest BCUT2D eigenvalue weighted by atomic mass is 35.5.